The zero-order valence-electron chi connectivity index (χ0n) is 47.5. The first kappa shape index (κ1) is 19.2. The quantitative estimate of drug-likeness (QED) is 0.307. The van der Waals surface area contributed by atoms with Gasteiger partial charge in [0.1, 0.15) is 0 Å². The van der Waals surface area contributed by atoms with E-state index in [1.165, 1.54) is 0 Å². The Bertz CT molecular complexity index is 2430. The largest absolute Gasteiger partial charge is 0.418 e. The van der Waals surface area contributed by atoms with E-state index in [1.54, 1.807) is 0 Å². The highest BCUT2D eigenvalue weighted by Gasteiger charge is 2.76. The summed E-state index contributed by atoms with van der Waals surface area (Å²) in [4.78, 5) is 29.5. The highest BCUT2D eigenvalue weighted by atomic mass is 19.4. The number of carbonyl (C=O) groups is 2. The van der Waals surface area contributed by atoms with Gasteiger partial charge in [-0.3, -0.25) is 9.59 Å². The predicted molar refractivity (Wildman–Crippen MR) is 175 cm³/mol. The first-order valence-corrected chi connectivity index (χ1v) is 15.2. The lowest BCUT2D eigenvalue weighted by Crippen LogP contribution is -2.73. The average Bonchev–Trinajstić information content (AvgIpc) is 3.21. The number of fused-ring (bicyclic) bond motifs is 5. The van der Waals surface area contributed by atoms with E-state index in [2.05, 4.69) is 0 Å². The minimum Gasteiger partial charge on any atom is -0.349 e. The smallest absolute Gasteiger partial charge is 0.349 e. The summed E-state index contributed by atoms with van der Waals surface area (Å²) in [6.45, 7) is 9.28. The van der Waals surface area contributed by atoms with E-state index in [9.17, 15) is 51.7 Å². The van der Waals surface area contributed by atoms with Crippen molar-refractivity contribution >= 4 is 17.5 Å². The molecule has 4 nitrogen and oxygen atoms in total. The molecular formula is C38H52F6N2O2. The number of alkyl halides is 6. The standard InChI is InChI=1S/C38H52F6N2O2/c1-18(2)35-22(7)20(5)31(47)45-28(35)17-12-23-25-14-16-27(36(25,19(3)4)34(10,11)33(8,9)30(23)35)32(48)46-29-21(6)24(37(39,40)41)13-15-26(29)38(42,43)44/h13,15,18-19,23,25,27-28,30H,12,14,16-17H2,1-11H3,(H,45,47)(H,46,48)/t23-,25-,27+,28+,30+,35-,36-/m0/s1/i12D2,13D,14D2,15D,16D2,17D2,18D,19D,23D,25D,27D,28D,30D/hD2. The van der Waals surface area contributed by atoms with E-state index in [1.807, 2.05) is 0 Å². The second-order valence-electron chi connectivity index (χ2n) is 14.2. The van der Waals surface area contributed by atoms with E-state index >= 15 is 4.79 Å². The van der Waals surface area contributed by atoms with Crippen molar-refractivity contribution in [3.8, 4) is 0 Å². The van der Waals surface area contributed by atoms with Crippen molar-refractivity contribution in [2.45, 2.75) is 120 Å². The normalized spacial score (nSPS) is 52.7. The number of benzene rings is 1. The summed E-state index contributed by atoms with van der Waals surface area (Å²) in [5.41, 5.74) is -23.1. The van der Waals surface area contributed by atoms with Crippen LogP contribution in [0, 0.1) is 63.9 Å². The monoisotopic (exact) mass is 702 g/mol. The van der Waals surface area contributed by atoms with Crippen LogP contribution >= 0.6 is 0 Å². The third kappa shape index (κ3) is 4.61. The fourth-order valence-corrected chi connectivity index (χ4v) is 8.32. The number of nitrogens with one attached hydrogen (secondary N) is 2. The minimum absolute atomic E-state index is 0.259. The molecule has 3 aliphatic carbocycles. The van der Waals surface area contributed by atoms with Gasteiger partial charge in [0.2, 0.25) is 11.8 Å². The Kier molecular flexibility index (Phi) is 4.49. The summed E-state index contributed by atoms with van der Waals surface area (Å²) in [7, 11) is 0. The van der Waals surface area contributed by atoms with Crippen molar-refractivity contribution in [3.05, 3.63) is 39.9 Å². The summed E-state index contributed by atoms with van der Waals surface area (Å²) in [6, 6.07) is -8.23. The number of hydrogen-bond acceptors (Lipinski definition) is 2. The van der Waals surface area contributed by atoms with Crippen LogP contribution in [-0.2, 0) is 21.9 Å². The molecule has 4 aliphatic rings. The number of rotatable bonds is 4. The molecule has 0 saturated heterocycles. The van der Waals surface area contributed by atoms with E-state index in [-0.39, 0.29) is 12.2 Å². The van der Waals surface area contributed by atoms with Crippen LogP contribution in [0.4, 0.5) is 32.0 Å². The van der Waals surface area contributed by atoms with Crippen LogP contribution in [0.15, 0.2) is 23.2 Å². The van der Waals surface area contributed by atoms with E-state index in [4.69, 9.17) is 5.57 Å². The van der Waals surface area contributed by atoms with Crippen LogP contribution in [0.2, 0.25) is 2.82 Å². The summed E-state index contributed by atoms with van der Waals surface area (Å²) in [5, 5.41) is -1.42. The van der Waals surface area contributed by atoms with Gasteiger partial charge < -0.3 is 10.6 Å². The van der Waals surface area contributed by atoms with Gasteiger partial charge in [-0.15, -0.1) is 0 Å². The van der Waals surface area contributed by atoms with Crippen molar-refractivity contribution in [2.24, 2.45) is 57.0 Å². The second kappa shape index (κ2) is 11.2. The fraction of sp³-hybridized carbons (Fsp3) is 0.737. The second-order valence-corrected chi connectivity index (χ2v) is 14.2. The third-order valence-electron chi connectivity index (χ3n) is 11.2. The number of hydrogen-bond donors (Lipinski definition) is 2. The number of anilines is 1. The van der Waals surface area contributed by atoms with Gasteiger partial charge in [-0.2, -0.15) is 26.3 Å². The molecule has 1 aliphatic heterocycles. The van der Waals surface area contributed by atoms with Gasteiger partial charge in [0.15, 0.2) is 2.82 Å². The molecule has 1 heterocycles. The maximum Gasteiger partial charge on any atom is 0.418 e. The molecule has 48 heavy (non-hydrogen) atoms. The Morgan fingerprint density at radius 1 is 1.00 bits per heavy atom. The van der Waals surface area contributed by atoms with Gasteiger partial charge in [0, 0.05) is 42.1 Å². The minimum atomic E-state index is -6.01. The summed E-state index contributed by atoms with van der Waals surface area (Å²) < 4.78 is 273. The molecule has 0 aromatic heterocycles. The van der Waals surface area contributed by atoms with Crippen molar-refractivity contribution in [2.75, 3.05) is 5.31 Å². The average molecular weight is 702 g/mol. The Morgan fingerprint density at radius 2 is 1.56 bits per heavy atom. The van der Waals surface area contributed by atoms with Gasteiger partial charge in [0.05, 0.1) is 20.9 Å². The van der Waals surface area contributed by atoms with Gasteiger partial charge in [-0.05, 0) is 110 Å². The third-order valence-corrected chi connectivity index (χ3v) is 11.2. The molecule has 0 spiro atoms. The maximum absolute atomic E-state index is 15.6. The molecule has 1 aromatic carbocycles. The summed E-state index contributed by atoms with van der Waals surface area (Å²) >= 11 is 0. The highest BCUT2D eigenvalue weighted by Crippen LogP contribution is 2.79. The van der Waals surface area contributed by atoms with E-state index in [0.29, 0.717) is 13.8 Å². The highest BCUT2D eigenvalue weighted by molar-refractivity contribution is 5.96. The van der Waals surface area contributed by atoms with E-state index in [0.717, 1.165) is 55.4 Å². The molecule has 0 unspecified atom stereocenters. The molecule has 5 rings (SSSR count). The summed E-state index contributed by atoms with van der Waals surface area (Å²) in [6.07, 6.45) is -30.2. The molecule has 3 fully saturated rings. The number of carbonyl (C=O) groups excluding carboxylic acids is 2. The zero-order valence-corrected chi connectivity index (χ0v) is 28.5. The summed E-state index contributed by atoms with van der Waals surface area (Å²) in [5.74, 6) is -27.8. The molecule has 2 amide bonds. The molecule has 0 radical (unpaired) electrons. The van der Waals surface area contributed by atoms with Crippen molar-refractivity contribution < 1.29 is 62.1 Å². The first-order valence-electron chi connectivity index (χ1n) is 24.6. The van der Waals surface area contributed by atoms with Crippen molar-refractivity contribution in [3.63, 3.8) is 0 Å². The maximum atomic E-state index is 15.6. The van der Waals surface area contributed by atoms with Crippen LogP contribution < -0.4 is 10.6 Å². The Morgan fingerprint density at radius 3 is 2.08 bits per heavy atom. The Balaban J connectivity index is 2.23. The first-order chi connectivity index (χ1) is 29.1. The van der Waals surface area contributed by atoms with Crippen molar-refractivity contribution in [1.82, 2.24) is 5.31 Å². The molecule has 0 bridgehead atoms. The predicted octanol–water partition coefficient (Wildman–Crippen LogP) is 10.2. The fourth-order valence-electron chi connectivity index (χ4n) is 8.32. The van der Waals surface area contributed by atoms with Gasteiger partial charge >= 0.3 is 12.4 Å². The topological polar surface area (TPSA) is 58.2 Å². The lowest BCUT2D eigenvalue weighted by atomic mass is 9.30. The van der Waals surface area contributed by atoms with Crippen LogP contribution in [0.1, 0.15) is 135 Å². The molecule has 3 saturated carbocycles. The van der Waals surface area contributed by atoms with Gasteiger partial charge in [0.25, 0.3) is 0 Å². The van der Waals surface area contributed by atoms with Gasteiger partial charge in [-0.25, -0.2) is 0 Å². The Hall–Kier alpha value is -2.52. The van der Waals surface area contributed by atoms with Gasteiger partial charge in [-0.1, -0.05) is 61.0 Å². The lowest BCUT2D eigenvalue weighted by molar-refractivity contribution is -0.255. The molecule has 1 aromatic rings. The lowest BCUT2D eigenvalue weighted by Gasteiger charge is -2.75. The molecular weight excluding hydrogens is 630 g/mol. The van der Waals surface area contributed by atoms with E-state index < -0.39 is 164 Å². The Labute approximate surface area is 308 Å². The van der Waals surface area contributed by atoms with Crippen LogP contribution in [-0.4, -0.2) is 17.8 Å². The molecule has 2 N–H and O–H groups in total. The van der Waals surface area contributed by atoms with Crippen LogP contribution in [0.3, 0.4) is 0 Å². The molecule has 10 heteroatoms. The SMILES string of the molecule is [2H]c1c([2H])c(C(F)(F)F)c(N([2H])C(=O)[C@@]2([2H])C([2H])([2H])C([2H])([2H])[C@@]3([2H])[C@]4([2H])C([2H])([2H])C([2H])([2H])[C@@]5([2H])N([2H])C(=O)C(C)=C(C)[C@]5(C([2H])(C)C)[C@@]4([2H])C(C)(C)C(C)(C)[C@@]32C([2H])(C)C)c(C)c1C(F)(F)F. The zero-order chi connectivity index (χ0) is 53.4. The number of amides is 2. The number of halogens is 6. The van der Waals surface area contributed by atoms with Crippen LogP contribution in [0.25, 0.3) is 0 Å². The molecule has 268 valence electrons. The van der Waals surface area contributed by atoms with Crippen molar-refractivity contribution in [1.29, 1.82) is 0 Å². The molecule has 7 atom stereocenters. The van der Waals surface area contributed by atoms with Crippen LogP contribution in [0.5, 0.6) is 0 Å².